The van der Waals surface area contributed by atoms with E-state index >= 15 is 0 Å². The number of hydroxylamine groups is 1. The second-order valence-electron chi connectivity index (χ2n) is 8.02. The molecule has 0 aliphatic carbocycles. The van der Waals surface area contributed by atoms with E-state index in [1.165, 1.54) is 29.5 Å². The molecule has 0 saturated carbocycles. The number of nitrogens with zero attached hydrogens (tertiary/aromatic N) is 2. The number of nitrogens with one attached hydrogen (secondary N) is 1. The second kappa shape index (κ2) is 10.8. The summed E-state index contributed by atoms with van der Waals surface area (Å²) in [6.45, 7) is 4.50. The van der Waals surface area contributed by atoms with Gasteiger partial charge in [0, 0.05) is 38.1 Å². The third-order valence-electron chi connectivity index (χ3n) is 5.74. The highest BCUT2D eigenvalue weighted by Crippen LogP contribution is 2.24. The molecule has 1 fully saturated rings. The van der Waals surface area contributed by atoms with Gasteiger partial charge in [-0.25, -0.2) is 17.9 Å². The Bertz CT molecular complexity index is 1260. The van der Waals surface area contributed by atoms with Gasteiger partial charge in [-0.05, 0) is 52.9 Å². The van der Waals surface area contributed by atoms with Gasteiger partial charge in [-0.3, -0.25) is 14.9 Å². The van der Waals surface area contributed by atoms with Gasteiger partial charge in [0.05, 0.1) is 18.1 Å². The minimum atomic E-state index is -3.77. The van der Waals surface area contributed by atoms with Gasteiger partial charge < -0.3 is 4.74 Å². The molecule has 1 amide bonds. The van der Waals surface area contributed by atoms with E-state index in [1.54, 1.807) is 18.2 Å². The van der Waals surface area contributed by atoms with Crippen molar-refractivity contribution >= 4 is 22.0 Å². The Morgan fingerprint density at radius 1 is 1.06 bits per heavy atom. The van der Waals surface area contributed by atoms with Crippen LogP contribution in [0.2, 0.25) is 0 Å². The largest absolute Gasteiger partial charge is 0.379 e. The SMILES string of the molecule is O=C(C=Cc1ccn(S(=O)(=O)c2ccc(-c3cccc(CCN4CCOCC4)c3)cc2)c1)NO. The molecule has 2 N–H and O–H groups in total. The number of benzene rings is 2. The van der Waals surface area contributed by atoms with E-state index in [0.717, 1.165) is 60.4 Å². The number of ether oxygens (including phenoxy) is 1. The van der Waals surface area contributed by atoms with Crippen molar-refractivity contribution in [1.82, 2.24) is 14.4 Å². The van der Waals surface area contributed by atoms with Crippen LogP contribution in [0.5, 0.6) is 0 Å². The fourth-order valence-corrected chi connectivity index (χ4v) is 5.01. The lowest BCUT2D eigenvalue weighted by atomic mass is 10.0. The average Bonchev–Trinajstić information content (AvgIpc) is 3.37. The van der Waals surface area contributed by atoms with Gasteiger partial charge in [0.15, 0.2) is 0 Å². The van der Waals surface area contributed by atoms with Crippen LogP contribution in [0.1, 0.15) is 11.1 Å². The zero-order valence-electron chi connectivity index (χ0n) is 18.6. The maximum absolute atomic E-state index is 13.0. The molecule has 0 radical (unpaired) electrons. The van der Waals surface area contributed by atoms with E-state index in [2.05, 4.69) is 17.0 Å². The van der Waals surface area contributed by atoms with Gasteiger partial charge in [-0.2, -0.15) is 0 Å². The van der Waals surface area contributed by atoms with Crippen molar-refractivity contribution in [2.24, 2.45) is 0 Å². The van der Waals surface area contributed by atoms with Crippen molar-refractivity contribution in [3.05, 3.63) is 84.2 Å². The van der Waals surface area contributed by atoms with Crippen molar-refractivity contribution in [3.63, 3.8) is 0 Å². The highest BCUT2D eigenvalue weighted by atomic mass is 32.2. The first kappa shape index (κ1) is 23.9. The summed E-state index contributed by atoms with van der Waals surface area (Å²) >= 11 is 0. The average molecular weight is 482 g/mol. The van der Waals surface area contributed by atoms with Crippen LogP contribution in [-0.2, 0) is 26.0 Å². The van der Waals surface area contributed by atoms with E-state index < -0.39 is 15.9 Å². The maximum Gasteiger partial charge on any atom is 0.267 e. The molecule has 4 rings (SSSR count). The van der Waals surface area contributed by atoms with Crippen LogP contribution in [0.3, 0.4) is 0 Å². The van der Waals surface area contributed by atoms with Crippen LogP contribution in [-0.4, -0.2) is 61.3 Å². The van der Waals surface area contributed by atoms with Gasteiger partial charge in [0.2, 0.25) is 0 Å². The van der Waals surface area contributed by atoms with Crippen LogP contribution < -0.4 is 5.48 Å². The zero-order valence-corrected chi connectivity index (χ0v) is 19.4. The first-order chi connectivity index (χ1) is 16.5. The summed E-state index contributed by atoms with van der Waals surface area (Å²) in [6.07, 6.45) is 6.29. The third-order valence-corrected chi connectivity index (χ3v) is 7.39. The lowest BCUT2D eigenvalue weighted by molar-refractivity contribution is -0.124. The summed E-state index contributed by atoms with van der Waals surface area (Å²) in [5.74, 6) is -0.698. The number of morpholine rings is 1. The number of rotatable bonds is 8. The molecule has 1 aliphatic rings. The number of carbonyl (C=O) groups excluding carboxylic acids is 1. The summed E-state index contributed by atoms with van der Waals surface area (Å²) in [5, 5.41) is 8.54. The number of carbonyl (C=O) groups is 1. The van der Waals surface area contributed by atoms with Crippen molar-refractivity contribution in [1.29, 1.82) is 0 Å². The Labute approximate surface area is 199 Å². The highest BCUT2D eigenvalue weighted by Gasteiger charge is 2.17. The fourth-order valence-electron chi connectivity index (χ4n) is 3.81. The standard InChI is InChI=1S/C25H27N3O5S/c29-25(26-30)9-4-21-11-13-28(19-21)34(31,32)24-7-5-22(6-8-24)23-3-1-2-20(18-23)10-12-27-14-16-33-17-15-27/h1-9,11,13,18-19,30H,10,12,14-17H2,(H,26,29). The number of aromatic nitrogens is 1. The van der Waals surface area contributed by atoms with Crippen molar-refractivity contribution in [2.75, 3.05) is 32.8 Å². The molecule has 9 heteroatoms. The second-order valence-corrected chi connectivity index (χ2v) is 9.86. The van der Waals surface area contributed by atoms with Crippen molar-refractivity contribution in [3.8, 4) is 11.1 Å². The molecule has 3 aromatic rings. The number of amides is 1. The first-order valence-electron chi connectivity index (χ1n) is 11.0. The van der Waals surface area contributed by atoms with Crippen LogP contribution in [0.15, 0.2) is 78.0 Å². The van der Waals surface area contributed by atoms with Gasteiger partial charge in [0.25, 0.3) is 15.9 Å². The van der Waals surface area contributed by atoms with Crippen LogP contribution >= 0.6 is 0 Å². The van der Waals surface area contributed by atoms with Crippen molar-refractivity contribution in [2.45, 2.75) is 11.3 Å². The first-order valence-corrected chi connectivity index (χ1v) is 12.4. The topological polar surface area (TPSA) is 101 Å². The lowest BCUT2D eigenvalue weighted by Gasteiger charge is -2.26. The molecule has 0 unspecified atom stereocenters. The molecule has 34 heavy (non-hydrogen) atoms. The van der Waals surface area contributed by atoms with Gasteiger partial charge in [0.1, 0.15) is 0 Å². The molecular formula is C25H27N3O5S. The van der Waals surface area contributed by atoms with Crippen LogP contribution in [0, 0.1) is 0 Å². The minimum absolute atomic E-state index is 0.166. The maximum atomic E-state index is 13.0. The summed E-state index contributed by atoms with van der Waals surface area (Å²) < 4.78 is 32.5. The van der Waals surface area contributed by atoms with E-state index in [4.69, 9.17) is 9.94 Å². The monoisotopic (exact) mass is 481 g/mol. The summed E-state index contributed by atoms with van der Waals surface area (Å²) in [6, 6.07) is 16.7. The van der Waals surface area contributed by atoms with Gasteiger partial charge in [-0.15, -0.1) is 0 Å². The normalized spacial score (nSPS) is 15.0. The van der Waals surface area contributed by atoms with E-state index in [-0.39, 0.29) is 4.90 Å². The molecule has 2 heterocycles. The Morgan fingerprint density at radius 2 is 1.82 bits per heavy atom. The van der Waals surface area contributed by atoms with E-state index in [9.17, 15) is 13.2 Å². The molecule has 1 aromatic heterocycles. The van der Waals surface area contributed by atoms with Crippen LogP contribution in [0.25, 0.3) is 17.2 Å². The molecule has 1 aliphatic heterocycles. The Kier molecular flexibility index (Phi) is 7.59. The summed E-state index contributed by atoms with van der Waals surface area (Å²) in [4.78, 5) is 13.7. The van der Waals surface area contributed by atoms with Crippen LogP contribution in [0.4, 0.5) is 0 Å². The molecule has 0 bridgehead atoms. The van der Waals surface area contributed by atoms with Gasteiger partial charge in [-0.1, -0.05) is 36.4 Å². The molecule has 1 saturated heterocycles. The Balaban J connectivity index is 1.46. The molecule has 0 spiro atoms. The summed E-state index contributed by atoms with van der Waals surface area (Å²) in [7, 11) is -3.77. The number of hydrogen-bond donors (Lipinski definition) is 2. The molecule has 0 atom stereocenters. The molecule has 8 nitrogen and oxygen atoms in total. The van der Waals surface area contributed by atoms with Crippen molar-refractivity contribution < 1.29 is 23.2 Å². The predicted octanol–water partition coefficient (Wildman–Crippen LogP) is 2.79. The smallest absolute Gasteiger partial charge is 0.267 e. The predicted molar refractivity (Wildman–Crippen MR) is 129 cm³/mol. The Hall–Kier alpha value is -3.24. The quantitative estimate of drug-likeness (QED) is 0.292. The minimum Gasteiger partial charge on any atom is -0.379 e. The Morgan fingerprint density at radius 3 is 2.56 bits per heavy atom. The summed E-state index contributed by atoms with van der Waals surface area (Å²) in [5.41, 5.74) is 5.22. The van der Waals surface area contributed by atoms with E-state index in [0.29, 0.717) is 5.56 Å². The van der Waals surface area contributed by atoms with E-state index in [1.807, 2.05) is 24.3 Å². The zero-order chi connectivity index (χ0) is 24.0. The molecule has 178 valence electrons. The van der Waals surface area contributed by atoms with Gasteiger partial charge >= 0.3 is 0 Å². The third kappa shape index (κ3) is 5.81. The lowest BCUT2D eigenvalue weighted by Crippen LogP contribution is -2.37. The molecular weight excluding hydrogens is 454 g/mol. The fraction of sp³-hybridized carbons (Fsp3) is 0.240. The highest BCUT2D eigenvalue weighted by molar-refractivity contribution is 7.90. The molecule has 2 aromatic carbocycles. The number of hydrogen-bond acceptors (Lipinski definition) is 6.